The van der Waals surface area contributed by atoms with Gasteiger partial charge < -0.3 is 10.4 Å². The first-order valence-electron chi connectivity index (χ1n) is 7.04. The number of nitrogens with one attached hydrogen (secondary N) is 1. The Morgan fingerprint density at radius 2 is 2.20 bits per heavy atom. The van der Waals surface area contributed by atoms with Gasteiger partial charge in [0.15, 0.2) is 0 Å². The van der Waals surface area contributed by atoms with Crippen LogP contribution in [0.25, 0.3) is 0 Å². The van der Waals surface area contributed by atoms with Crippen molar-refractivity contribution in [2.45, 2.75) is 32.6 Å². The Morgan fingerprint density at radius 3 is 2.80 bits per heavy atom. The van der Waals surface area contributed by atoms with Crippen LogP contribution >= 0.6 is 0 Å². The zero-order chi connectivity index (χ0) is 14.5. The average Bonchev–Trinajstić information content (AvgIpc) is 2.45. The summed E-state index contributed by atoms with van der Waals surface area (Å²) in [5, 5.41) is 11.7. The van der Waals surface area contributed by atoms with E-state index in [0.717, 1.165) is 12.3 Å². The van der Waals surface area contributed by atoms with Gasteiger partial charge in [-0.15, -0.1) is 0 Å². The summed E-state index contributed by atoms with van der Waals surface area (Å²) in [6.45, 7) is 2.94. The van der Waals surface area contributed by atoms with Crippen molar-refractivity contribution in [2.24, 2.45) is 11.8 Å². The van der Waals surface area contributed by atoms with Crippen LogP contribution in [0.4, 0.5) is 0 Å². The quantitative estimate of drug-likeness (QED) is 0.884. The lowest BCUT2D eigenvalue weighted by atomic mass is 9.82. The Hall–Kier alpha value is -1.91. The summed E-state index contributed by atoms with van der Waals surface area (Å²) in [5.74, 6) is 0.0111. The molecule has 2 rings (SSSR count). The second-order valence-corrected chi connectivity index (χ2v) is 5.59. The smallest absolute Gasteiger partial charge is 0.354 e. The fraction of sp³-hybridized carbons (Fsp3) is 0.533. The van der Waals surface area contributed by atoms with Crippen molar-refractivity contribution in [2.75, 3.05) is 6.54 Å². The monoisotopic (exact) mass is 276 g/mol. The van der Waals surface area contributed by atoms with E-state index >= 15 is 0 Å². The van der Waals surface area contributed by atoms with Gasteiger partial charge in [0.1, 0.15) is 5.69 Å². The standard InChI is InChI=1S/C15H20N2O3/c1-10-3-2-4-11(7-10)8-17-14(18)12-5-6-13(15(19)20)16-9-12/h5-6,9-11H,2-4,7-8H2,1H3,(H,17,18)(H,19,20). The maximum Gasteiger partial charge on any atom is 0.354 e. The Morgan fingerprint density at radius 1 is 1.40 bits per heavy atom. The molecule has 5 heteroatoms. The number of hydrogen-bond acceptors (Lipinski definition) is 3. The first kappa shape index (κ1) is 14.5. The zero-order valence-corrected chi connectivity index (χ0v) is 11.6. The van der Waals surface area contributed by atoms with Crippen molar-refractivity contribution < 1.29 is 14.7 Å². The van der Waals surface area contributed by atoms with Crippen LogP contribution in [0, 0.1) is 11.8 Å². The molecular formula is C15H20N2O3. The number of nitrogens with zero attached hydrogens (tertiary/aromatic N) is 1. The number of carboxylic acid groups (broad SMARTS) is 1. The molecule has 0 saturated heterocycles. The fourth-order valence-electron chi connectivity index (χ4n) is 2.74. The predicted molar refractivity (Wildman–Crippen MR) is 74.7 cm³/mol. The fourth-order valence-corrected chi connectivity index (χ4v) is 2.74. The van der Waals surface area contributed by atoms with Crippen LogP contribution in [-0.2, 0) is 0 Å². The summed E-state index contributed by atoms with van der Waals surface area (Å²) in [5.41, 5.74) is 0.349. The molecule has 20 heavy (non-hydrogen) atoms. The maximum absolute atomic E-state index is 12.0. The number of carbonyl (C=O) groups is 2. The van der Waals surface area contributed by atoms with Gasteiger partial charge in [0.05, 0.1) is 5.56 Å². The molecule has 1 heterocycles. The summed E-state index contributed by atoms with van der Waals surface area (Å²) in [6, 6.07) is 2.84. The lowest BCUT2D eigenvalue weighted by Crippen LogP contribution is -2.31. The third-order valence-electron chi connectivity index (χ3n) is 3.84. The molecule has 0 spiro atoms. The van der Waals surface area contributed by atoms with Crippen LogP contribution in [0.15, 0.2) is 18.3 Å². The van der Waals surface area contributed by atoms with Crippen molar-refractivity contribution in [3.8, 4) is 0 Å². The number of carboxylic acids is 1. The molecule has 1 aliphatic carbocycles. The van der Waals surface area contributed by atoms with E-state index in [9.17, 15) is 9.59 Å². The molecular weight excluding hydrogens is 256 g/mol. The third kappa shape index (κ3) is 3.79. The first-order chi connectivity index (χ1) is 9.56. The number of rotatable bonds is 4. The van der Waals surface area contributed by atoms with Gasteiger partial charge in [-0.2, -0.15) is 0 Å². The van der Waals surface area contributed by atoms with Gasteiger partial charge in [-0.25, -0.2) is 9.78 Å². The van der Waals surface area contributed by atoms with Crippen LogP contribution in [0.5, 0.6) is 0 Å². The molecule has 0 radical (unpaired) electrons. The highest BCUT2D eigenvalue weighted by molar-refractivity contribution is 5.94. The van der Waals surface area contributed by atoms with Gasteiger partial charge >= 0.3 is 5.97 Å². The Labute approximate surface area is 118 Å². The van der Waals surface area contributed by atoms with E-state index < -0.39 is 5.97 Å². The maximum atomic E-state index is 12.0. The topological polar surface area (TPSA) is 79.3 Å². The molecule has 108 valence electrons. The van der Waals surface area contributed by atoms with Crippen LogP contribution < -0.4 is 5.32 Å². The summed E-state index contributed by atoms with van der Waals surface area (Å²) < 4.78 is 0. The molecule has 1 aromatic heterocycles. The Kier molecular flexibility index (Phi) is 4.71. The second-order valence-electron chi connectivity index (χ2n) is 5.59. The summed E-state index contributed by atoms with van der Waals surface area (Å²) in [7, 11) is 0. The molecule has 1 aromatic rings. The highest BCUT2D eigenvalue weighted by Gasteiger charge is 2.19. The molecule has 0 bridgehead atoms. The van der Waals surface area contributed by atoms with E-state index in [0.29, 0.717) is 18.0 Å². The first-order valence-corrected chi connectivity index (χ1v) is 7.04. The zero-order valence-electron chi connectivity index (χ0n) is 11.6. The van der Waals surface area contributed by atoms with Crippen molar-refractivity contribution in [3.63, 3.8) is 0 Å². The second kappa shape index (κ2) is 6.50. The molecule has 1 amide bonds. The molecule has 2 atom stereocenters. The third-order valence-corrected chi connectivity index (χ3v) is 3.84. The van der Waals surface area contributed by atoms with E-state index in [4.69, 9.17) is 5.11 Å². The molecule has 1 fully saturated rings. The van der Waals surface area contributed by atoms with Crippen LogP contribution in [0.2, 0.25) is 0 Å². The van der Waals surface area contributed by atoms with Crippen molar-refractivity contribution in [3.05, 3.63) is 29.6 Å². The molecule has 1 aliphatic rings. The molecule has 1 saturated carbocycles. The molecule has 0 aliphatic heterocycles. The Bertz CT molecular complexity index is 484. The van der Waals surface area contributed by atoms with E-state index in [1.54, 1.807) is 0 Å². The number of carbonyl (C=O) groups excluding carboxylic acids is 1. The summed E-state index contributed by atoms with van der Waals surface area (Å²) in [6.07, 6.45) is 6.15. The molecule has 2 N–H and O–H groups in total. The largest absolute Gasteiger partial charge is 0.477 e. The highest BCUT2D eigenvalue weighted by atomic mass is 16.4. The van der Waals surface area contributed by atoms with Gasteiger partial charge in [-0.3, -0.25) is 4.79 Å². The SMILES string of the molecule is CC1CCCC(CNC(=O)c2ccc(C(=O)O)nc2)C1. The van der Waals surface area contributed by atoms with E-state index in [2.05, 4.69) is 17.2 Å². The predicted octanol–water partition coefficient (Wildman–Crippen LogP) is 2.34. The van der Waals surface area contributed by atoms with Gasteiger partial charge in [-0.05, 0) is 36.8 Å². The summed E-state index contributed by atoms with van der Waals surface area (Å²) >= 11 is 0. The normalized spacial score (nSPS) is 22.2. The lowest BCUT2D eigenvalue weighted by molar-refractivity contribution is 0.0689. The van der Waals surface area contributed by atoms with Gasteiger partial charge in [0.2, 0.25) is 0 Å². The lowest BCUT2D eigenvalue weighted by Gasteiger charge is -2.26. The van der Waals surface area contributed by atoms with Gasteiger partial charge in [0.25, 0.3) is 5.91 Å². The minimum atomic E-state index is -1.09. The summed E-state index contributed by atoms with van der Waals surface area (Å²) in [4.78, 5) is 26.4. The van der Waals surface area contributed by atoms with E-state index in [1.165, 1.54) is 37.6 Å². The van der Waals surface area contributed by atoms with Crippen LogP contribution in [-0.4, -0.2) is 28.5 Å². The number of aromatic nitrogens is 1. The number of pyridine rings is 1. The Balaban J connectivity index is 1.86. The molecule has 0 aromatic carbocycles. The van der Waals surface area contributed by atoms with Gasteiger partial charge in [0, 0.05) is 12.7 Å². The number of amides is 1. The van der Waals surface area contributed by atoms with Gasteiger partial charge in [-0.1, -0.05) is 19.8 Å². The molecule has 2 unspecified atom stereocenters. The van der Waals surface area contributed by atoms with Crippen LogP contribution in [0.1, 0.15) is 53.5 Å². The van der Waals surface area contributed by atoms with E-state index in [-0.39, 0.29) is 11.6 Å². The average molecular weight is 276 g/mol. The van der Waals surface area contributed by atoms with Crippen molar-refractivity contribution >= 4 is 11.9 Å². The highest BCUT2D eigenvalue weighted by Crippen LogP contribution is 2.27. The van der Waals surface area contributed by atoms with Crippen LogP contribution in [0.3, 0.4) is 0 Å². The number of aromatic carboxylic acids is 1. The van der Waals surface area contributed by atoms with Crippen molar-refractivity contribution in [1.29, 1.82) is 0 Å². The van der Waals surface area contributed by atoms with E-state index in [1.807, 2.05) is 0 Å². The minimum absolute atomic E-state index is 0.0531. The van der Waals surface area contributed by atoms with Crippen molar-refractivity contribution in [1.82, 2.24) is 10.3 Å². The number of hydrogen-bond donors (Lipinski definition) is 2. The minimum Gasteiger partial charge on any atom is -0.477 e. The molecule has 5 nitrogen and oxygen atoms in total.